The topological polar surface area (TPSA) is 74.8 Å². The second-order valence-corrected chi connectivity index (χ2v) is 32.0. The van der Waals surface area contributed by atoms with Crippen LogP contribution in [0.2, 0.25) is 0 Å². The van der Waals surface area contributed by atoms with Crippen molar-refractivity contribution >= 4 is 11.6 Å². The van der Waals surface area contributed by atoms with Gasteiger partial charge in [0.1, 0.15) is 12.3 Å². The van der Waals surface area contributed by atoms with Gasteiger partial charge in [0.2, 0.25) is 6.54 Å². The fraction of sp³-hybridized carbons (Fsp3) is 0.349. The van der Waals surface area contributed by atoms with Crippen LogP contribution in [0.25, 0.3) is 11.3 Å². The zero-order valence-electron chi connectivity index (χ0n) is 58.8. The molecule has 0 aliphatic heterocycles. The third kappa shape index (κ3) is 14.7. The summed E-state index contributed by atoms with van der Waals surface area (Å²) in [5, 5.41) is 11.1. The molecule has 0 saturated carbocycles. The normalized spacial score (nSPS) is 12.8. The summed E-state index contributed by atoms with van der Waals surface area (Å²) in [5.41, 5.74) is 18.4. The second-order valence-electron chi connectivity index (χ2n) is 32.0. The van der Waals surface area contributed by atoms with Gasteiger partial charge < -0.3 is 10.1 Å². The molecular formula is C86H101N5O2+2. The summed E-state index contributed by atoms with van der Waals surface area (Å²) in [5.74, 6) is 0.695. The molecule has 8 aromatic carbocycles. The Morgan fingerprint density at radius 1 is 0.387 bits per heavy atom. The maximum Gasteiger partial charge on any atom is 0.290 e. The molecule has 93 heavy (non-hydrogen) atoms. The molecule has 0 aliphatic carbocycles. The van der Waals surface area contributed by atoms with E-state index >= 15 is 0 Å². The van der Waals surface area contributed by atoms with Crippen LogP contribution in [0.5, 0.6) is 5.75 Å². The van der Waals surface area contributed by atoms with Gasteiger partial charge in [-0.15, -0.1) is 0 Å². The molecule has 0 atom stereocenters. The predicted molar refractivity (Wildman–Crippen MR) is 385 cm³/mol. The number of aromatic nitrogens is 4. The number of hydrogen-bond acceptors (Lipinski definition) is 3. The van der Waals surface area contributed by atoms with Crippen LogP contribution in [-0.2, 0) is 61.2 Å². The van der Waals surface area contributed by atoms with Crippen molar-refractivity contribution in [3.05, 3.63) is 303 Å². The number of hydrogen-bond donors (Lipinski definition) is 2. The lowest BCUT2D eigenvalue weighted by Gasteiger charge is -2.38. The summed E-state index contributed by atoms with van der Waals surface area (Å²) in [7, 11) is 0. The van der Waals surface area contributed by atoms with Crippen LogP contribution in [0.3, 0.4) is 0 Å². The number of amides is 1. The largest absolute Gasteiger partial charge is 0.493 e. The van der Waals surface area contributed by atoms with E-state index in [4.69, 9.17) is 9.84 Å². The van der Waals surface area contributed by atoms with E-state index in [1.807, 2.05) is 52.1 Å². The minimum Gasteiger partial charge on any atom is -0.493 e. The number of anilines is 1. The number of H-pyrrole nitrogens is 1. The Hall–Kier alpha value is -8.68. The number of nitrogens with one attached hydrogen (secondary N) is 2. The predicted octanol–water partition coefficient (Wildman–Crippen LogP) is 19.3. The van der Waals surface area contributed by atoms with Gasteiger partial charge in [-0.2, -0.15) is 9.25 Å². The Kier molecular flexibility index (Phi) is 18.8. The van der Waals surface area contributed by atoms with E-state index in [1.165, 1.54) is 72.3 Å². The lowest BCUT2D eigenvalue weighted by atomic mass is 9.64. The highest BCUT2D eigenvalue weighted by Crippen LogP contribution is 2.49. The number of pyridine rings is 1. The Labute approximate surface area is 556 Å². The quantitative estimate of drug-likeness (QED) is 0.0542. The number of aryl methyl sites for hydroxylation is 1. The van der Waals surface area contributed by atoms with Gasteiger partial charge in [-0.05, 0) is 141 Å². The zero-order chi connectivity index (χ0) is 66.9. The lowest BCUT2D eigenvalue weighted by molar-refractivity contribution is -0.753. The number of carbonyl (C=O) groups is 1. The van der Waals surface area contributed by atoms with Gasteiger partial charge in [0.25, 0.3) is 11.6 Å². The van der Waals surface area contributed by atoms with E-state index < -0.39 is 10.8 Å². The van der Waals surface area contributed by atoms with Gasteiger partial charge in [-0.25, -0.2) is 0 Å². The Balaban J connectivity index is 0.835. The second kappa shape index (κ2) is 26.0. The SMILES string of the molecule is CC(C)(C)c1ccc(C(c2ccc(NC(=O)C[n+]3cccc(-c4c[n+](CCCOc5ccc(C(c6ccc(C(C)(C)C)cc6)(c6ccc(C(C)(C)C)cc6)c6ccc(C(C)(C)C)cc6)cc5)[nH]n4)c3)cc2)(c2ccc(C(C)(C)C)cc2)c2ccc(C(C)(C)C)cc2)cc1. The summed E-state index contributed by atoms with van der Waals surface area (Å²) >= 11 is 0. The molecule has 0 fully saturated rings. The van der Waals surface area contributed by atoms with Crippen molar-refractivity contribution in [3.8, 4) is 17.0 Å². The maximum atomic E-state index is 13.9. The average molecular weight is 1240 g/mol. The molecule has 0 bridgehead atoms. The first kappa shape index (κ1) is 67.2. The monoisotopic (exact) mass is 1240 g/mol. The van der Waals surface area contributed by atoms with Crippen LogP contribution in [0, 0.1) is 0 Å². The van der Waals surface area contributed by atoms with E-state index in [0.29, 0.717) is 13.2 Å². The summed E-state index contributed by atoms with van der Waals surface area (Å²) in [6.07, 6.45) is 6.67. The minimum atomic E-state index is -0.662. The molecule has 0 aliphatic rings. The van der Waals surface area contributed by atoms with Crippen molar-refractivity contribution in [1.82, 2.24) is 10.3 Å². The van der Waals surface area contributed by atoms with Crippen LogP contribution in [-0.4, -0.2) is 22.8 Å². The number of carbonyl (C=O) groups excluding carboxylic acids is 1. The molecule has 2 aromatic heterocycles. The molecule has 0 spiro atoms. The van der Waals surface area contributed by atoms with Crippen LogP contribution < -0.4 is 19.3 Å². The van der Waals surface area contributed by atoms with Gasteiger partial charge in [0.05, 0.1) is 23.0 Å². The van der Waals surface area contributed by atoms with Crippen molar-refractivity contribution in [1.29, 1.82) is 0 Å². The molecule has 1 amide bonds. The molecule has 7 heteroatoms. The highest BCUT2D eigenvalue weighted by molar-refractivity contribution is 5.89. The van der Waals surface area contributed by atoms with Gasteiger partial charge in [0.15, 0.2) is 18.6 Å². The maximum absolute atomic E-state index is 13.9. The van der Waals surface area contributed by atoms with E-state index in [-0.39, 0.29) is 44.9 Å². The molecule has 10 aromatic rings. The number of benzene rings is 8. The van der Waals surface area contributed by atoms with Crippen molar-refractivity contribution in [2.75, 3.05) is 11.9 Å². The Morgan fingerprint density at radius 3 is 0.989 bits per heavy atom. The Bertz CT molecular complexity index is 3860. The highest BCUT2D eigenvalue weighted by Gasteiger charge is 2.41. The van der Waals surface area contributed by atoms with Crippen molar-refractivity contribution in [2.24, 2.45) is 0 Å². The van der Waals surface area contributed by atoms with Crippen molar-refractivity contribution in [3.63, 3.8) is 0 Å². The molecule has 0 radical (unpaired) electrons. The highest BCUT2D eigenvalue weighted by atomic mass is 16.5. The number of rotatable bonds is 17. The van der Waals surface area contributed by atoms with Crippen LogP contribution in [0.4, 0.5) is 5.69 Å². The van der Waals surface area contributed by atoms with Gasteiger partial charge >= 0.3 is 0 Å². The number of nitrogens with zero attached hydrogens (tertiary/aromatic N) is 3. The molecule has 7 nitrogen and oxygen atoms in total. The van der Waals surface area contributed by atoms with Gasteiger partial charge in [-0.1, -0.05) is 300 Å². The van der Waals surface area contributed by atoms with E-state index in [1.54, 1.807) is 0 Å². The average Bonchev–Trinajstić information content (AvgIpc) is 1.41. The number of ether oxygens (including phenoxy) is 1. The fourth-order valence-corrected chi connectivity index (χ4v) is 13.1. The molecule has 0 saturated heterocycles. The molecule has 10 rings (SSSR count). The summed E-state index contributed by atoms with van der Waals surface area (Å²) in [4.78, 5) is 13.9. The molecule has 2 N–H and O–H groups in total. The molecular weight excluding hydrogens is 1130 g/mol. The van der Waals surface area contributed by atoms with Gasteiger partial charge in [0, 0.05) is 23.3 Å². The number of aromatic amines is 1. The minimum absolute atomic E-state index is 0.0000533. The molecule has 0 unspecified atom stereocenters. The third-order valence-electron chi connectivity index (χ3n) is 18.9. The first-order valence-corrected chi connectivity index (χ1v) is 33.5. The Morgan fingerprint density at radius 2 is 0.677 bits per heavy atom. The zero-order valence-corrected chi connectivity index (χ0v) is 58.8. The van der Waals surface area contributed by atoms with Crippen molar-refractivity contribution in [2.45, 2.75) is 187 Å². The van der Waals surface area contributed by atoms with E-state index in [0.717, 1.165) is 34.7 Å². The lowest BCUT2D eigenvalue weighted by Crippen LogP contribution is -2.39. The van der Waals surface area contributed by atoms with Crippen LogP contribution in [0.15, 0.2) is 225 Å². The fourth-order valence-electron chi connectivity index (χ4n) is 13.1. The third-order valence-corrected chi connectivity index (χ3v) is 18.9. The van der Waals surface area contributed by atoms with Gasteiger partial charge in [-0.3, -0.25) is 4.79 Å². The first-order chi connectivity index (χ1) is 43.7. The van der Waals surface area contributed by atoms with E-state index in [9.17, 15) is 4.79 Å². The first-order valence-electron chi connectivity index (χ1n) is 33.5. The molecule has 2 heterocycles. The van der Waals surface area contributed by atoms with Crippen molar-refractivity contribution < 1.29 is 18.8 Å². The smallest absolute Gasteiger partial charge is 0.290 e. The summed E-state index contributed by atoms with van der Waals surface area (Å²) in [6, 6.07) is 76.8. The van der Waals surface area contributed by atoms with E-state index in [2.05, 4.69) is 317 Å². The van der Waals surface area contributed by atoms with Crippen LogP contribution >= 0.6 is 0 Å². The van der Waals surface area contributed by atoms with Crippen LogP contribution in [0.1, 0.15) is 209 Å². The molecule has 480 valence electrons. The summed E-state index contributed by atoms with van der Waals surface area (Å²) < 4.78 is 10.4. The summed E-state index contributed by atoms with van der Waals surface area (Å²) in [6.45, 7) is 42.2. The standard InChI is InChI=1S/C86H99N5O2/c1-79(2,3)61-22-34-67(35-23-61)85(68-36-24-62(25-37-68)80(4,5)6,69-38-26-63(27-39-69)81(7,8)9)73-46-50-75(51-47-73)87-78(92)59-90-54-19-21-60(57-90)77-58-91(89-88-77)55-20-56-93-76-52-48-74(49-53-76)86(70-40-28-64(29-41-70)82(10,11)12,71-42-30-65(31-43-71)83(13,14)15)72-44-32-66(33-45-72)84(16,17)18/h19,21-54,57-58H,20,55-56,59H2,1-18H3/p+2.